The maximum Gasteiger partial charge on any atom is 0.553 e. The van der Waals surface area contributed by atoms with Crippen molar-refractivity contribution >= 4 is 11.7 Å². The molecule has 0 spiro atoms. The molecule has 0 atom stereocenters. The molecular formula is C7H6NO5+. The van der Waals surface area contributed by atoms with E-state index in [1.165, 1.54) is 6.07 Å². The van der Waals surface area contributed by atoms with E-state index in [9.17, 15) is 14.9 Å². The third-order valence-electron chi connectivity index (χ3n) is 1.46. The highest BCUT2D eigenvalue weighted by atomic mass is 16.6. The molecule has 6 nitrogen and oxygen atoms in total. The van der Waals surface area contributed by atoms with E-state index in [0.717, 1.165) is 12.1 Å². The van der Waals surface area contributed by atoms with E-state index in [4.69, 9.17) is 10.2 Å². The lowest BCUT2D eigenvalue weighted by Crippen LogP contribution is -1.98. The van der Waals surface area contributed by atoms with E-state index in [0.29, 0.717) is 0 Å². The van der Waals surface area contributed by atoms with Crippen LogP contribution in [-0.4, -0.2) is 21.1 Å². The van der Waals surface area contributed by atoms with Crippen LogP contribution in [-0.2, 0) is 0 Å². The molecule has 0 heterocycles. The zero-order valence-electron chi connectivity index (χ0n) is 6.35. The first-order valence-corrected chi connectivity index (χ1v) is 3.26. The van der Waals surface area contributed by atoms with E-state index in [-0.39, 0.29) is 5.56 Å². The number of benzene rings is 1. The molecule has 1 aromatic rings. The van der Waals surface area contributed by atoms with Gasteiger partial charge in [0.05, 0.1) is 4.92 Å². The van der Waals surface area contributed by atoms with Gasteiger partial charge in [0.15, 0.2) is 5.56 Å². The minimum Gasteiger partial charge on any atom is -0.561 e. The Hall–Kier alpha value is -2.11. The normalized spacial score (nSPS) is 9.54. The fourth-order valence-corrected chi connectivity index (χ4v) is 0.862. The molecule has 1 aromatic carbocycles. The Morgan fingerprint density at radius 3 is 2.62 bits per heavy atom. The number of hydrogen-bond donors (Lipinski definition) is 1. The molecular weight excluding hydrogens is 178 g/mol. The molecule has 1 rings (SSSR count). The SMILES string of the molecule is O=C([OH2+])c1cccc([N+](=O)[O-])c1O. The summed E-state index contributed by atoms with van der Waals surface area (Å²) in [6.45, 7) is 0. The third kappa shape index (κ3) is 1.56. The van der Waals surface area contributed by atoms with Gasteiger partial charge in [-0.1, -0.05) is 6.07 Å². The van der Waals surface area contributed by atoms with Crippen LogP contribution >= 0.6 is 0 Å². The molecule has 0 fully saturated rings. The number of rotatable bonds is 2. The van der Waals surface area contributed by atoms with Crippen LogP contribution in [0.3, 0.4) is 0 Å². The van der Waals surface area contributed by atoms with Crippen LogP contribution in [0.4, 0.5) is 5.69 Å². The molecule has 3 N–H and O–H groups in total. The lowest BCUT2D eigenvalue weighted by molar-refractivity contribution is -0.385. The highest BCUT2D eigenvalue weighted by molar-refractivity contribution is 5.92. The van der Waals surface area contributed by atoms with E-state index >= 15 is 0 Å². The fraction of sp³-hybridized carbons (Fsp3) is 0. The Morgan fingerprint density at radius 2 is 2.15 bits per heavy atom. The average molecular weight is 184 g/mol. The Balaban J connectivity index is 3.35. The zero-order valence-corrected chi connectivity index (χ0v) is 6.35. The lowest BCUT2D eigenvalue weighted by Gasteiger charge is -1.95. The molecule has 0 aliphatic rings. The lowest BCUT2D eigenvalue weighted by atomic mass is 10.2. The Bertz CT molecular complexity index is 341. The first-order valence-electron chi connectivity index (χ1n) is 3.26. The first kappa shape index (κ1) is 8.98. The van der Waals surface area contributed by atoms with Crippen LogP contribution in [0.15, 0.2) is 18.2 Å². The van der Waals surface area contributed by atoms with Gasteiger partial charge in [-0.3, -0.25) is 10.1 Å². The fourth-order valence-electron chi connectivity index (χ4n) is 0.862. The number of aromatic hydroxyl groups is 1. The number of phenols is 1. The summed E-state index contributed by atoms with van der Waals surface area (Å²) >= 11 is 0. The maximum atomic E-state index is 10.5. The molecule has 68 valence electrons. The summed E-state index contributed by atoms with van der Waals surface area (Å²) in [5.74, 6) is -1.91. The molecule has 0 aliphatic heterocycles. The van der Waals surface area contributed by atoms with Crippen LogP contribution in [0.5, 0.6) is 5.75 Å². The van der Waals surface area contributed by atoms with Crippen molar-refractivity contribution in [1.82, 2.24) is 0 Å². The van der Waals surface area contributed by atoms with Gasteiger partial charge in [0.2, 0.25) is 5.75 Å². The van der Waals surface area contributed by atoms with Crippen molar-refractivity contribution < 1.29 is 19.9 Å². The highest BCUT2D eigenvalue weighted by Gasteiger charge is 2.24. The molecule has 13 heavy (non-hydrogen) atoms. The van der Waals surface area contributed by atoms with Gasteiger partial charge >= 0.3 is 11.7 Å². The summed E-state index contributed by atoms with van der Waals surface area (Å²) in [5, 5.41) is 26.1. The maximum absolute atomic E-state index is 10.5. The number of phenolic OH excluding ortho intramolecular Hbond substituents is 1. The van der Waals surface area contributed by atoms with Gasteiger partial charge < -0.3 is 10.2 Å². The van der Waals surface area contributed by atoms with E-state index in [2.05, 4.69) is 0 Å². The van der Waals surface area contributed by atoms with E-state index < -0.39 is 22.3 Å². The molecule has 0 saturated carbocycles. The number of hydrogen-bond acceptors (Lipinski definition) is 4. The Labute approximate surface area is 72.2 Å². The minimum atomic E-state index is -1.15. The van der Waals surface area contributed by atoms with Gasteiger partial charge in [-0.2, -0.15) is 0 Å². The standard InChI is InChI=1S/C7H5NO5/c9-6-4(7(10)11)2-1-3-5(6)8(12)13/h1-3,9H,(H,10,11)/p+1. The monoisotopic (exact) mass is 184 g/mol. The van der Waals surface area contributed by atoms with Crippen molar-refractivity contribution in [2.24, 2.45) is 0 Å². The number of nitrogens with zero attached hydrogens (tertiary/aromatic N) is 1. The number of carbonyl (C=O) groups is 1. The largest absolute Gasteiger partial charge is 0.561 e. The smallest absolute Gasteiger partial charge is 0.553 e. The second-order valence-corrected chi connectivity index (χ2v) is 2.26. The number of nitro groups is 1. The predicted molar refractivity (Wildman–Crippen MR) is 42.7 cm³/mol. The van der Waals surface area contributed by atoms with Crippen LogP contribution in [0.25, 0.3) is 0 Å². The zero-order chi connectivity index (χ0) is 10.0. The van der Waals surface area contributed by atoms with Gasteiger partial charge in [0.1, 0.15) is 0 Å². The predicted octanol–water partition coefficient (Wildman–Crippen LogP) is 0.165. The van der Waals surface area contributed by atoms with Crippen molar-refractivity contribution in [2.45, 2.75) is 0 Å². The van der Waals surface area contributed by atoms with Crippen molar-refractivity contribution in [1.29, 1.82) is 0 Å². The molecule has 0 bridgehead atoms. The van der Waals surface area contributed by atoms with Gasteiger partial charge in [-0.05, 0) is 6.07 Å². The van der Waals surface area contributed by atoms with Crippen LogP contribution in [0, 0.1) is 10.1 Å². The highest BCUT2D eigenvalue weighted by Crippen LogP contribution is 2.28. The Morgan fingerprint density at radius 1 is 1.54 bits per heavy atom. The number of carbonyl (C=O) groups excluding carboxylic acids is 1. The second kappa shape index (κ2) is 3.10. The number of para-hydroxylation sites is 1. The summed E-state index contributed by atoms with van der Waals surface area (Å²) in [6.07, 6.45) is 0. The van der Waals surface area contributed by atoms with Gasteiger partial charge in [0.25, 0.3) is 0 Å². The topological polar surface area (TPSA) is 103 Å². The van der Waals surface area contributed by atoms with Crippen molar-refractivity contribution in [3.8, 4) is 5.75 Å². The summed E-state index contributed by atoms with van der Waals surface area (Å²) < 4.78 is 0. The summed E-state index contributed by atoms with van der Waals surface area (Å²) in [5.41, 5.74) is -0.938. The second-order valence-electron chi connectivity index (χ2n) is 2.26. The molecule has 0 aliphatic carbocycles. The van der Waals surface area contributed by atoms with Crippen LogP contribution < -0.4 is 0 Å². The van der Waals surface area contributed by atoms with Crippen molar-refractivity contribution in [2.75, 3.05) is 0 Å². The molecule has 0 saturated heterocycles. The minimum absolute atomic E-state index is 0.366. The molecule has 0 unspecified atom stereocenters. The summed E-state index contributed by atoms with van der Waals surface area (Å²) in [7, 11) is 0. The molecule has 0 radical (unpaired) electrons. The van der Waals surface area contributed by atoms with Gasteiger partial charge in [0, 0.05) is 10.9 Å². The number of nitro benzene ring substituents is 1. The van der Waals surface area contributed by atoms with Gasteiger partial charge in [-0.15, -0.1) is 0 Å². The quantitative estimate of drug-likeness (QED) is 0.401. The van der Waals surface area contributed by atoms with Crippen LogP contribution in [0.1, 0.15) is 10.4 Å². The summed E-state index contributed by atoms with van der Waals surface area (Å²) in [6, 6.07) is 3.44. The van der Waals surface area contributed by atoms with E-state index in [1.54, 1.807) is 0 Å². The third-order valence-corrected chi connectivity index (χ3v) is 1.46. The van der Waals surface area contributed by atoms with Crippen molar-refractivity contribution in [3.63, 3.8) is 0 Å². The Kier molecular flexibility index (Phi) is 2.14. The van der Waals surface area contributed by atoms with Crippen LogP contribution in [0.2, 0.25) is 0 Å². The van der Waals surface area contributed by atoms with Crippen molar-refractivity contribution in [3.05, 3.63) is 33.9 Å². The molecule has 6 heteroatoms. The molecule has 0 amide bonds. The van der Waals surface area contributed by atoms with Gasteiger partial charge in [-0.25, -0.2) is 0 Å². The average Bonchev–Trinajstić information content (AvgIpc) is 2.03. The molecule has 0 aromatic heterocycles. The summed E-state index contributed by atoms with van der Waals surface area (Å²) in [4.78, 5) is 20.0. The van der Waals surface area contributed by atoms with E-state index in [1.807, 2.05) is 0 Å². The first-order chi connectivity index (χ1) is 6.04.